The van der Waals surface area contributed by atoms with Crippen LogP contribution in [-0.4, -0.2) is 23.5 Å². The Morgan fingerprint density at radius 3 is 2.52 bits per heavy atom. The highest BCUT2D eigenvalue weighted by Gasteiger charge is 2.35. The molecular weight excluding hydrogens is 312 g/mol. The lowest BCUT2D eigenvalue weighted by Crippen LogP contribution is -2.52. The molecule has 0 aliphatic heterocycles. The average molecular weight is 334 g/mol. The van der Waals surface area contributed by atoms with Crippen LogP contribution in [0.3, 0.4) is 0 Å². The molecular formula is C17H22N2O3S. The van der Waals surface area contributed by atoms with Crippen LogP contribution in [0.25, 0.3) is 0 Å². The maximum atomic E-state index is 12.3. The summed E-state index contributed by atoms with van der Waals surface area (Å²) in [6.07, 6.45) is 3.32. The number of ether oxygens (including phenoxy) is 1. The van der Waals surface area contributed by atoms with E-state index in [4.69, 9.17) is 4.74 Å². The molecule has 23 heavy (non-hydrogen) atoms. The summed E-state index contributed by atoms with van der Waals surface area (Å²) in [7, 11) is 0. The number of thiophene rings is 1. The second kappa shape index (κ2) is 7.14. The molecule has 1 aromatic rings. The number of hydrogen-bond donors (Lipinski definition) is 1. The second-order valence-electron chi connectivity index (χ2n) is 6.12. The molecule has 0 spiro atoms. The van der Waals surface area contributed by atoms with Gasteiger partial charge in [0.15, 0.2) is 6.10 Å². The van der Waals surface area contributed by atoms with Gasteiger partial charge in [-0.1, -0.05) is 19.3 Å². The van der Waals surface area contributed by atoms with Crippen molar-refractivity contribution < 1.29 is 14.3 Å². The van der Waals surface area contributed by atoms with Gasteiger partial charge in [0.1, 0.15) is 5.54 Å². The van der Waals surface area contributed by atoms with Gasteiger partial charge in [-0.15, -0.1) is 11.3 Å². The van der Waals surface area contributed by atoms with Gasteiger partial charge in [0.05, 0.1) is 11.6 Å². The Morgan fingerprint density at radius 1 is 1.35 bits per heavy atom. The number of carbonyl (C=O) groups excluding carboxylic acids is 2. The Kier molecular flexibility index (Phi) is 5.42. The fourth-order valence-corrected chi connectivity index (χ4v) is 3.78. The number of carbonyl (C=O) groups is 2. The molecule has 1 heterocycles. The molecule has 0 saturated heterocycles. The Labute approximate surface area is 140 Å². The predicted octanol–water partition coefficient (Wildman–Crippen LogP) is 3.25. The maximum absolute atomic E-state index is 12.3. The highest BCUT2D eigenvalue weighted by Crippen LogP contribution is 2.28. The molecule has 1 atom stereocenters. The van der Waals surface area contributed by atoms with Crippen molar-refractivity contribution in [2.24, 2.45) is 0 Å². The van der Waals surface area contributed by atoms with E-state index in [2.05, 4.69) is 11.4 Å². The van der Waals surface area contributed by atoms with Crippen LogP contribution >= 0.6 is 11.3 Å². The Bertz CT molecular complexity index is 639. The van der Waals surface area contributed by atoms with Gasteiger partial charge in [0.2, 0.25) is 0 Å². The van der Waals surface area contributed by atoms with E-state index in [0.29, 0.717) is 18.4 Å². The van der Waals surface area contributed by atoms with E-state index in [9.17, 15) is 14.9 Å². The normalized spacial score (nSPS) is 17.8. The summed E-state index contributed by atoms with van der Waals surface area (Å²) in [6, 6.07) is 4.00. The first kappa shape index (κ1) is 17.5. The van der Waals surface area contributed by atoms with Gasteiger partial charge < -0.3 is 10.1 Å². The van der Waals surface area contributed by atoms with Gasteiger partial charge in [-0.3, -0.25) is 4.79 Å². The molecule has 124 valence electrons. The molecule has 0 aromatic carbocycles. The summed E-state index contributed by atoms with van der Waals surface area (Å²) in [5.74, 6) is -0.907. The predicted molar refractivity (Wildman–Crippen MR) is 88.2 cm³/mol. The van der Waals surface area contributed by atoms with Crippen molar-refractivity contribution in [3.8, 4) is 6.07 Å². The molecule has 2 rings (SSSR count). The molecule has 1 fully saturated rings. The first-order valence-electron chi connectivity index (χ1n) is 7.88. The van der Waals surface area contributed by atoms with Crippen LogP contribution in [-0.2, 0) is 9.53 Å². The summed E-state index contributed by atoms with van der Waals surface area (Å²) in [4.78, 5) is 26.4. The quantitative estimate of drug-likeness (QED) is 0.857. The zero-order chi connectivity index (χ0) is 17.0. The molecule has 1 amide bonds. The third kappa shape index (κ3) is 4.11. The number of rotatable bonds is 4. The van der Waals surface area contributed by atoms with E-state index >= 15 is 0 Å². The molecule has 1 aromatic heterocycles. The molecule has 1 N–H and O–H groups in total. The summed E-state index contributed by atoms with van der Waals surface area (Å²) in [5, 5.41) is 12.2. The van der Waals surface area contributed by atoms with Crippen LogP contribution in [0.4, 0.5) is 0 Å². The van der Waals surface area contributed by atoms with Gasteiger partial charge in [-0.2, -0.15) is 5.26 Å². The molecule has 5 nitrogen and oxygen atoms in total. The van der Waals surface area contributed by atoms with Crippen LogP contribution in [0.2, 0.25) is 0 Å². The van der Waals surface area contributed by atoms with Gasteiger partial charge in [0, 0.05) is 9.75 Å². The molecule has 0 radical (unpaired) electrons. The summed E-state index contributed by atoms with van der Waals surface area (Å²) in [5.41, 5.74) is -0.315. The van der Waals surface area contributed by atoms with Gasteiger partial charge in [-0.25, -0.2) is 4.79 Å². The summed E-state index contributed by atoms with van der Waals surface area (Å²) in [6.45, 7) is 5.31. The van der Waals surface area contributed by atoms with E-state index in [1.165, 1.54) is 18.3 Å². The van der Waals surface area contributed by atoms with E-state index < -0.39 is 23.5 Å². The SMILES string of the molecule is Cc1cc(C(=O)O[C@H](C)C(=O)NC2(C#N)CCCCC2)c(C)s1. The molecule has 1 aliphatic rings. The summed E-state index contributed by atoms with van der Waals surface area (Å²) >= 11 is 1.52. The van der Waals surface area contributed by atoms with Crippen molar-refractivity contribution in [2.45, 2.75) is 64.5 Å². The van der Waals surface area contributed by atoms with E-state index in [1.807, 2.05) is 13.8 Å². The monoisotopic (exact) mass is 334 g/mol. The minimum absolute atomic E-state index is 0.411. The number of hydrogen-bond acceptors (Lipinski definition) is 5. The van der Waals surface area contributed by atoms with Gasteiger partial charge in [0.25, 0.3) is 5.91 Å². The molecule has 1 saturated carbocycles. The van der Waals surface area contributed by atoms with Crippen molar-refractivity contribution in [2.75, 3.05) is 0 Å². The Balaban J connectivity index is 1.98. The minimum Gasteiger partial charge on any atom is -0.449 e. The lowest BCUT2D eigenvalue weighted by atomic mass is 9.83. The number of nitriles is 1. The number of nitrogens with one attached hydrogen (secondary N) is 1. The smallest absolute Gasteiger partial charge is 0.340 e. The van der Waals surface area contributed by atoms with Crippen LogP contribution in [0.1, 0.15) is 59.1 Å². The van der Waals surface area contributed by atoms with Crippen molar-refractivity contribution in [3.63, 3.8) is 0 Å². The average Bonchev–Trinajstić information content (AvgIpc) is 2.86. The Morgan fingerprint density at radius 2 is 2.00 bits per heavy atom. The van der Waals surface area contributed by atoms with Crippen LogP contribution in [0.5, 0.6) is 0 Å². The first-order valence-corrected chi connectivity index (χ1v) is 8.70. The first-order chi connectivity index (χ1) is 10.9. The zero-order valence-corrected chi connectivity index (χ0v) is 14.6. The third-order valence-electron chi connectivity index (χ3n) is 4.20. The van der Waals surface area contributed by atoms with Gasteiger partial charge >= 0.3 is 5.97 Å². The largest absolute Gasteiger partial charge is 0.449 e. The maximum Gasteiger partial charge on any atom is 0.340 e. The van der Waals surface area contributed by atoms with E-state index in [1.54, 1.807) is 6.07 Å². The number of aryl methyl sites for hydroxylation is 2. The molecule has 0 unspecified atom stereocenters. The second-order valence-corrected chi connectivity index (χ2v) is 7.58. The van der Waals surface area contributed by atoms with Gasteiger partial charge in [-0.05, 0) is 39.7 Å². The van der Waals surface area contributed by atoms with Crippen molar-refractivity contribution >= 4 is 23.2 Å². The molecule has 6 heteroatoms. The number of amides is 1. The number of nitrogens with zero attached hydrogens (tertiary/aromatic N) is 1. The highest BCUT2D eigenvalue weighted by molar-refractivity contribution is 7.12. The lowest BCUT2D eigenvalue weighted by Gasteiger charge is -2.32. The number of esters is 1. The van der Waals surface area contributed by atoms with E-state index in [-0.39, 0.29) is 0 Å². The minimum atomic E-state index is -0.922. The topological polar surface area (TPSA) is 79.2 Å². The van der Waals surface area contributed by atoms with Crippen LogP contribution in [0, 0.1) is 25.2 Å². The van der Waals surface area contributed by atoms with Crippen molar-refractivity contribution in [1.82, 2.24) is 5.32 Å². The van der Waals surface area contributed by atoms with Crippen LogP contribution < -0.4 is 5.32 Å². The van der Waals surface area contributed by atoms with Crippen LogP contribution in [0.15, 0.2) is 6.07 Å². The zero-order valence-electron chi connectivity index (χ0n) is 13.8. The molecule has 1 aliphatic carbocycles. The molecule has 0 bridgehead atoms. The van der Waals surface area contributed by atoms with E-state index in [0.717, 1.165) is 29.0 Å². The highest BCUT2D eigenvalue weighted by atomic mass is 32.1. The fourth-order valence-electron chi connectivity index (χ4n) is 2.87. The van der Waals surface area contributed by atoms with Crippen molar-refractivity contribution in [3.05, 3.63) is 21.4 Å². The fraction of sp³-hybridized carbons (Fsp3) is 0.588. The lowest BCUT2D eigenvalue weighted by molar-refractivity contribution is -0.130. The standard InChI is InChI=1S/C17H22N2O3S/c1-11-9-14(13(3)23-11)16(21)22-12(2)15(20)19-17(10-18)7-5-4-6-8-17/h9,12H,4-8H2,1-3H3,(H,19,20)/t12-/m1/s1. The summed E-state index contributed by atoms with van der Waals surface area (Å²) < 4.78 is 5.27. The van der Waals surface area contributed by atoms with Crippen molar-refractivity contribution in [1.29, 1.82) is 5.26 Å². The third-order valence-corrected chi connectivity index (χ3v) is 5.16. The Hall–Kier alpha value is -1.87.